The van der Waals surface area contributed by atoms with Crippen LogP contribution in [-0.4, -0.2) is 48.0 Å². The Bertz CT molecular complexity index is 1640. The molecule has 2 aromatic carbocycles. The quantitative estimate of drug-likeness (QED) is 0.351. The molecule has 10 nitrogen and oxygen atoms in total. The van der Waals surface area contributed by atoms with E-state index >= 15 is 0 Å². The number of benzene rings is 2. The number of carbonyl (C=O) groups excluding carboxylic acids is 1. The van der Waals surface area contributed by atoms with E-state index in [2.05, 4.69) is 4.99 Å². The molecule has 0 bridgehead atoms. The van der Waals surface area contributed by atoms with Crippen molar-refractivity contribution < 1.29 is 33.6 Å². The molecule has 0 aliphatic carbocycles. The SMILES string of the molecule is CCOC(=O)C1=C(C)N=c2s/c(=C\c3ccc(OCC(=O)O)c(OCC)c3)c(=O)n2[C@@H]1c1ccccc1OCC. The van der Waals surface area contributed by atoms with Gasteiger partial charge in [-0.25, -0.2) is 14.6 Å². The Balaban J connectivity index is 1.88. The lowest BCUT2D eigenvalue weighted by Crippen LogP contribution is -2.40. The molecule has 0 saturated heterocycles. The van der Waals surface area contributed by atoms with Gasteiger partial charge in [0.1, 0.15) is 11.8 Å². The molecule has 1 aromatic heterocycles. The molecular weight excluding hydrogens is 536 g/mol. The molecule has 1 aliphatic rings. The standard InChI is InChI=1S/C29H30N2O8S/c1-5-36-20-11-9-8-10-19(20)26-25(28(35)38-7-3)17(4)30-29-31(26)27(34)23(40-29)15-18-12-13-21(39-16-24(32)33)22(14-18)37-6-2/h8-15,26H,5-7,16H2,1-4H3,(H,32,33)/b23-15-/t26-/m1/s1. The average molecular weight is 567 g/mol. The van der Waals surface area contributed by atoms with E-state index in [4.69, 9.17) is 24.1 Å². The normalized spacial score (nSPS) is 14.8. The van der Waals surface area contributed by atoms with Gasteiger partial charge < -0.3 is 24.1 Å². The van der Waals surface area contributed by atoms with E-state index in [1.807, 2.05) is 25.1 Å². The lowest BCUT2D eigenvalue weighted by atomic mass is 9.95. The summed E-state index contributed by atoms with van der Waals surface area (Å²) in [4.78, 5) is 43.0. The zero-order valence-electron chi connectivity index (χ0n) is 22.6. The van der Waals surface area contributed by atoms with E-state index in [1.165, 1.54) is 15.9 Å². The predicted octanol–water partition coefficient (Wildman–Crippen LogP) is 3.06. The Morgan fingerprint density at radius 1 is 1.00 bits per heavy atom. The Hall–Kier alpha value is -4.38. The van der Waals surface area contributed by atoms with Crippen LogP contribution in [0.15, 0.2) is 63.5 Å². The summed E-state index contributed by atoms with van der Waals surface area (Å²) in [6.07, 6.45) is 1.70. The monoisotopic (exact) mass is 566 g/mol. The van der Waals surface area contributed by atoms with Crippen molar-refractivity contribution in [1.29, 1.82) is 0 Å². The summed E-state index contributed by atoms with van der Waals surface area (Å²) in [5, 5.41) is 8.95. The summed E-state index contributed by atoms with van der Waals surface area (Å²) in [6.45, 7) is 7.52. The maximum absolute atomic E-state index is 13.9. The molecule has 0 fully saturated rings. The first kappa shape index (κ1) is 28.6. The molecule has 0 amide bonds. The van der Waals surface area contributed by atoms with E-state index in [0.717, 1.165) is 0 Å². The van der Waals surface area contributed by atoms with Crippen LogP contribution in [0.4, 0.5) is 0 Å². The molecular formula is C29H30N2O8S. The molecule has 4 rings (SSSR count). The van der Waals surface area contributed by atoms with Crippen LogP contribution in [0.3, 0.4) is 0 Å². The lowest BCUT2D eigenvalue weighted by Gasteiger charge is -2.26. The van der Waals surface area contributed by atoms with Crippen LogP contribution < -0.4 is 29.1 Å². The number of hydrogen-bond donors (Lipinski definition) is 1. The summed E-state index contributed by atoms with van der Waals surface area (Å²) in [7, 11) is 0. The number of allylic oxidation sites excluding steroid dienone is 1. The Morgan fingerprint density at radius 2 is 1.73 bits per heavy atom. The van der Waals surface area contributed by atoms with Gasteiger partial charge >= 0.3 is 11.9 Å². The number of thiazole rings is 1. The van der Waals surface area contributed by atoms with Crippen LogP contribution in [0.5, 0.6) is 17.2 Å². The van der Waals surface area contributed by atoms with E-state index in [9.17, 15) is 14.4 Å². The molecule has 2 heterocycles. The highest BCUT2D eigenvalue weighted by Crippen LogP contribution is 2.36. The van der Waals surface area contributed by atoms with Gasteiger partial charge in [-0.05, 0) is 57.5 Å². The van der Waals surface area contributed by atoms with Gasteiger partial charge in [-0.1, -0.05) is 35.6 Å². The molecule has 40 heavy (non-hydrogen) atoms. The van der Waals surface area contributed by atoms with Gasteiger partial charge in [0.25, 0.3) is 5.56 Å². The van der Waals surface area contributed by atoms with Crippen LogP contribution in [0.2, 0.25) is 0 Å². The molecule has 11 heteroatoms. The summed E-state index contributed by atoms with van der Waals surface area (Å²) in [5.74, 6) is -0.461. The van der Waals surface area contributed by atoms with Crippen molar-refractivity contribution in [1.82, 2.24) is 4.57 Å². The largest absolute Gasteiger partial charge is 0.494 e. The second-order valence-corrected chi connectivity index (χ2v) is 9.60. The second kappa shape index (κ2) is 12.6. The molecule has 0 spiro atoms. The minimum atomic E-state index is -1.11. The number of aliphatic carboxylic acids is 1. The number of carboxylic acid groups (broad SMARTS) is 1. The fraction of sp³-hybridized carbons (Fsp3) is 0.310. The van der Waals surface area contributed by atoms with E-state index in [0.29, 0.717) is 50.9 Å². The maximum atomic E-state index is 13.9. The Labute approximate surface area is 234 Å². The first-order valence-corrected chi connectivity index (χ1v) is 13.6. The number of ether oxygens (including phenoxy) is 4. The summed E-state index contributed by atoms with van der Waals surface area (Å²) < 4.78 is 24.1. The third kappa shape index (κ3) is 5.94. The van der Waals surface area contributed by atoms with Gasteiger partial charge in [0.15, 0.2) is 22.9 Å². The molecule has 1 aliphatic heterocycles. The zero-order chi connectivity index (χ0) is 28.8. The van der Waals surface area contributed by atoms with E-state index in [1.54, 1.807) is 51.1 Å². The fourth-order valence-electron chi connectivity index (χ4n) is 4.37. The minimum Gasteiger partial charge on any atom is -0.494 e. The van der Waals surface area contributed by atoms with Gasteiger partial charge in [-0.2, -0.15) is 0 Å². The molecule has 0 saturated carbocycles. The number of esters is 1. The topological polar surface area (TPSA) is 126 Å². The number of nitrogens with zero attached hydrogens (tertiary/aromatic N) is 2. The van der Waals surface area contributed by atoms with Crippen molar-refractivity contribution in [2.75, 3.05) is 26.4 Å². The van der Waals surface area contributed by atoms with Gasteiger partial charge in [-0.15, -0.1) is 0 Å². The van der Waals surface area contributed by atoms with Crippen LogP contribution >= 0.6 is 11.3 Å². The van der Waals surface area contributed by atoms with Crippen molar-refractivity contribution in [2.24, 2.45) is 4.99 Å². The number of carbonyl (C=O) groups is 2. The van der Waals surface area contributed by atoms with Gasteiger partial charge in [0.05, 0.1) is 35.6 Å². The van der Waals surface area contributed by atoms with Crippen LogP contribution in [0, 0.1) is 0 Å². The number of carboxylic acids is 1. The Morgan fingerprint density at radius 3 is 2.42 bits per heavy atom. The third-order valence-corrected chi connectivity index (χ3v) is 6.93. The second-order valence-electron chi connectivity index (χ2n) is 8.59. The first-order chi connectivity index (χ1) is 19.3. The molecule has 0 radical (unpaired) electrons. The number of para-hydroxylation sites is 1. The van der Waals surface area contributed by atoms with Crippen molar-refractivity contribution >= 4 is 29.4 Å². The minimum absolute atomic E-state index is 0.175. The van der Waals surface area contributed by atoms with Crippen LogP contribution in [-0.2, 0) is 14.3 Å². The van der Waals surface area contributed by atoms with Gasteiger partial charge in [0.2, 0.25) is 0 Å². The number of rotatable bonds is 11. The highest BCUT2D eigenvalue weighted by Gasteiger charge is 2.35. The highest BCUT2D eigenvalue weighted by molar-refractivity contribution is 7.07. The maximum Gasteiger partial charge on any atom is 0.341 e. The van der Waals surface area contributed by atoms with Gasteiger partial charge in [-0.3, -0.25) is 9.36 Å². The van der Waals surface area contributed by atoms with Crippen LogP contribution in [0.1, 0.15) is 44.9 Å². The zero-order valence-corrected chi connectivity index (χ0v) is 23.4. The number of hydrogen-bond acceptors (Lipinski definition) is 9. The van der Waals surface area contributed by atoms with E-state index < -0.39 is 24.6 Å². The van der Waals surface area contributed by atoms with Crippen molar-refractivity contribution in [3.05, 3.63) is 84.5 Å². The Kier molecular flexibility index (Phi) is 9.05. The van der Waals surface area contributed by atoms with Crippen molar-refractivity contribution in [3.63, 3.8) is 0 Å². The fourth-order valence-corrected chi connectivity index (χ4v) is 5.42. The molecule has 210 valence electrons. The lowest BCUT2D eigenvalue weighted by molar-refractivity contribution is -0.140. The average Bonchev–Trinajstić information content (AvgIpc) is 3.22. The van der Waals surface area contributed by atoms with E-state index in [-0.39, 0.29) is 23.5 Å². The predicted molar refractivity (Wildman–Crippen MR) is 149 cm³/mol. The highest BCUT2D eigenvalue weighted by atomic mass is 32.1. The number of aromatic nitrogens is 1. The van der Waals surface area contributed by atoms with Crippen LogP contribution in [0.25, 0.3) is 6.08 Å². The summed E-state index contributed by atoms with van der Waals surface area (Å²) >= 11 is 1.19. The molecule has 3 aromatic rings. The molecule has 0 unspecified atom stereocenters. The molecule has 1 N–H and O–H groups in total. The summed E-state index contributed by atoms with van der Waals surface area (Å²) in [6, 6.07) is 11.5. The van der Waals surface area contributed by atoms with Crippen molar-refractivity contribution in [2.45, 2.75) is 33.7 Å². The van der Waals surface area contributed by atoms with Gasteiger partial charge in [0, 0.05) is 5.56 Å². The molecule has 1 atom stereocenters. The summed E-state index contributed by atoms with van der Waals surface area (Å²) in [5.41, 5.74) is 1.68. The smallest absolute Gasteiger partial charge is 0.341 e. The third-order valence-electron chi connectivity index (χ3n) is 5.95. The number of fused-ring (bicyclic) bond motifs is 1. The van der Waals surface area contributed by atoms with Crippen molar-refractivity contribution in [3.8, 4) is 17.2 Å². The first-order valence-electron chi connectivity index (χ1n) is 12.8.